The minimum absolute atomic E-state index is 0.168. The zero-order valence-corrected chi connectivity index (χ0v) is 9.62. The Balaban J connectivity index is 2.07. The fourth-order valence-corrected chi connectivity index (χ4v) is 1.53. The number of ether oxygens (including phenoxy) is 1. The average molecular weight is 253 g/mol. The van der Waals surface area contributed by atoms with Crippen LogP contribution >= 0.6 is 11.6 Å². The zero-order chi connectivity index (χ0) is 12.3. The second-order valence-electron chi connectivity index (χ2n) is 3.52. The molecule has 0 aromatic heterocycles. The maximum Gasteiger partial charge on any atom is 0.123 e. The van der Waals surface area contributed by atoms with Gasteiger partial charge in [-0.1, -0.05) is 11.6 Å². The number of rotatable bonds is 3. The van der Waals surface area contributed by atoms with E-state index in [0.29, 0.717) is 16.3 Å². The minimum atomic E-state index is -0.348. The van der Waals surface area contributed by atoms with Crippen molar-refractivity contribution in [2.24, 2.45) is 0 Å². The van der Waals surface area contributed by atoms with E-state index >= 15 is 0 Å². The molecule has 17 heavy (non-hydrogen) atoms. The molecule has 88 valence electrons. The van der Waals surface area contributed by atoms with Gasteiger partial charge in [-0.05, 0) is 42.5 Å². The Labute approximate surface area is 103 Å². The first-order valence-electron chi connectivity index (χ1n) is 5.01. The molecule has 0 saturated heterocycles. The Morgan fingerprint density at radius 2 is 1.82 bits per heavy atom. The van der Waals surface area contributed by atoms with Gasteiger partial charge in [-0.25, -0.2) is 4.39 Å². The monoisotopic (exact) mass is 252 g/mol. The van der Waals surface area contributed by atoms with Crippen LogP contribution in [0.15, 0.2) is 42.5 Å². The summed E-state index contributed by atoms with van der Waals surface area (Å²) in [6.07, 6.45) is 0. The number of hydrogen-bond acceptors (Lipinski definition) is 2. The van der Waals surface area contributed by atoms with Crippen molar-refractivity contribution in [1.82, 2.24) is 0 Å². The Hall–Kier alpha value is -1.74. The molecule has 1 N–H and O–H groups in total. The van der Waals surface area contributed by atoms with Gasteiger partial charge >= 0.3 is 0 Å². The molecule has 4 heteroatoms. The molecule has 0 unspecified atom stereocenters. The van der Waals surface area contributed by atoms with Gasteiger partial charge in [-0.15, -0.1) is 0 Å². The third-order valence-corrected chi connectivity index (χ3v) is 2.61. The molecule has 0 heterocycles. The Morgan fingerprint density at radius 1 is 1.12 bits per heavy atom. The Kier molecular flexibility index (Phi) is 3.49. The number of halogens is 2. The van der Waals surface area contributed by atoms with Crippen molar-refractivity contribution in [3.63, 3.8) is 0 Å². The van der Waals surface area contributed by atoms with Gasteiger partial charge in [-0.3, -0.25) is 0 Å². The summed E-state index contributed by atoms with van der Waals surface area (Å²) in [5, 5.41) is 9.56. The molecule has 0 aliphatic carbocycles. The summed E-state index contributed by atoms with van der Waals surface area (Å²) in [4.78, 5) is 0. The van der Waals surface area contributed by atoms with Crippen molar-refractivity contribution >= 4 is 11.6 Å². The van der Waals surface area contributed by atoms with Crippen LogP contribution in [0.3, 0.4) is 0 Å². The van der Waals surface area contributed by atoms with E-state index in [4.69, 9.17) is 21.4 Å². The second kappa shape index (κ2) is 5.06. The molecule has 0 aliphatic heterocycles. The highest BCUT2D eigenvalue weighted by molar-refractivity contribution is 6.31. The lowest BCUT2D eigenvalue weighted by Gasteiger charge is -2.07. The van der Waals surface area contributed by atoms with Crippen LogP contribution in [0.2, 0.25) is 5.02 Å². The predicted molar refractivity (Wildman–Crippen MR) is 63.8 cm³/mol. The van der Waals surface area contributed by atoms with Gasteiger partial charge in [0.25, 0.3) is 0 Å². The topological polar surface area (TPSA) is 29.5 Å². The Morgan fingerprint density at radius 3 is 2.53 bits per heavy atom. The summed E-state index contributed by atoms with van der Waals surface area (Å²) < 4.78 is 18.4. The van der Waals surface area contributed by atoms with Gasteiger partial charge in [-0.2, -0.15) is 0 Å². The molecule has 0 fully saturated rings. The first-order valence-corrected chi connectivity index (χ1v) is 5.39. The molecule has 0 saturated carbocycles. The summed E-state index contributed by atoms with van der Waals surface area (Å²) in [7, 11) is 0. The maximum atomic E-state index is 13.0. The van der Waals surface area contributed by atoms with Gasteiger partial charge in [0.2, 0.25) is 0 Å². The van der Waals surface area contributed by atoms with E-state index in [9.17, 15) is 4.39 Å². The molecule has 0 radical (unpaired) electrons. The number of aromatic hydroxyl groups is 1. The second-order valence-corrected chi connectivity index (χ2v) is 3.93. The first kappa shape index (κ1) is 11.7. The third-order valence-electron chi connectivity index (χ3n) is 2.24. The quantitative estimate of drug-likeness (QED) is 0.901. The van der Waals surface area contributed by atoms with Crippen molar-refractivity contribution in [2.75, 3.05) is 0 Å². The molecule has 0 amide bonds. The lowest BCUT2D eigenvalue weighted by Crippen LogP contribution is -1.96. The molecule has 2 aromatic carbocycles. The van der Waals surface area contributed by atoms with Crippen LogP contribution in [0.5, 0.6) is 11.5 Å². The van der Waals surface area contributed by atoms with Crippen LogP contribution in [0.25, 0.3) is 0 Å². The van der Waals surface area contributed by atoms with Crippen LogP contribution < -0.4 is 4.74 Å². The van der Waals surface area contributed by atoms with Crippen molar-refractivity contribution in [3.8, 4) is 11.5 Å². The highest BCUT2D eigenvalue weighted by Gasteiger charge is 2.03. The van der Waals surface area contributed by atoms with E-state index in [-0.39, 0.29) is 18.2 Å². The number of phenolic OH excluding ortho intramolecular Hbond substituents is 1. The fraction of sp³-hybridized carbons (Fsp3) is 0.0769. The number of hydrogen-bond donors (Lipinski definition) is 1. The van der Waals surface area contributed by atoms with Crippen LogP contribution in [-0.2, 0) is 6.61 Å². The molecular formula is C13H10ClFO2. The lowest BCUT2D eigenvalue weighted by atomic mass is 10.2. The molecule has 2 rings (SSSR count). The molecule has 0 aliphatic rings. The van der Waals surface area contributed by atoms with Crippen molar-refractivity contribution in [3.05, 3.63) is 58.9 Å². The van der Waals surface area contributed by atoms with Crippen LogP contribution in [-0.4, -0.2) is 5.11 Å². The van der Waals surface area contributed by atoms with E-state index in [1.54, 1.807) is 12.1 Å². The number of phenols is 1. The first-order chi connectivity index (χ1) is 8.15. The molecule has 2 nitrogen and oxygen atoms in total. The summed E-state index contributed by atoms with van der Waals surface area (Å²) >= 11 is 5.90. The van der Waals surface area contributed by atoms with Gasteiger partial charge in [0, 0.05) is 10.6 Å². The summed E-state index contributed by atoms with van der Waals surface area (Å²) in [5.74, 6) is 0.406. The Bertz CT molecular complexity index is 511. The zero-order valence-electron chi connectivity index (χ0n) is 8.86. The predicted octanol–water partition coefficient (Wildman–Crippen LogP) is 3.76. The molecular weight excluding hydrogens is 243 g/mol. The molecule has 2 aromatic rings. The van der Waals surface area contributed by atoms with Crippen LogP contribution in [0, 0.1) is 5.82 Å². The highest BCUT2D eigenvalue weighted by Crippen LogP contribution is 2.21. The lowest BCUT2D eigenvalue weighted by molar-refractivity contribution is 0.305. The molecule has 0 bridgehead atoms. The van der Waals surface area contributed by atoms with Crippen molar-refractivity contribution < 1.29 is 14.2 Å². The van der Waals surface area contributed by atoms with Gasteiger partial charge in [0.1, 0.15) is 23.9 Å². The van der Waals surface area contributed by atoms with Crippen molar-refractivity contribution in [2.45, 2.75) is 6.61 Å². The SMILES string of the molecule is Oc1ccc(OCc2cc(F)ccc2Cl)cc1. The molecule has 0 atom stereocenters. The average Bonchev–Trinajstić information content (AvgIpc) is 2.32. The van der Waals surface area contributed by atoms with Gasteiger partial charge in [0.15, 0.2) is 0 Å². The largest absolute Gasteiger partial charge is 0.508 e. The normalized spacial score (nSPS) is 10.2. The summed E-state index contributed by atoms with van der Waals surface area (Å²) in [6.45, 7) is 0.182. The van der Waals surface area contributed by atoms with Crippen molar-refractivity contribution in [1.29, 1.82) is 0 Å². The summed E-state index contributed by atoms with van der Waals surface area (Å²) in [5.41, 5.74) is 0.583. The highest BCUT2D eigenvalue weighted by atomic mass is 35.5. The van der Waals surface area contributed by atoms with E-state index < -0.39 is 0 Å². The third kappa shape index (κ3) is 3.11. The van der Waals surface area contributed by atoms with E-state index in [0.717, 1.165) is 0 Å². The van der Waals surface area contributed by atoms with Crippen LogP contribution in [0.1, 0.15) is 5.56 Å². The fourth-order valence-electron chi connectivity index (χ4n) is 1.36. The smallest absolute Gasteiger partial charge is 0.123 e. The molecule has 0 spiro atoms. The van der Waals surface area contributed by atoms with E-state index in [1.807, 2.05) is 0 Å². The minimum Gasteiger partial charge on any atom is -0.508 e. The van der Waals surface area contributed by atoms with Gasteiger partial charge < -0.3 is 9.84 Å². The van der Waals surface area contributed by atoms with E-state index in [1.165, 1.54) is 30.3 Å². The standard InChI is InChI=1S/C13H10ClFO2/c14-13-6-1-10(15)7-9(13)8-17-12-4-2-11(16)3-5-12/h1-7,16H,8H2. The maximum absolute atomic E-state index is 13.0. The van der Waals surface area contributed by atoms with Crippen LogP contribution in [0.4, 0.5) is 4.39 Å². The number of benzene rings is 2. The van der Waals surface area contributed by atoms with Gasteiger partial charge in [0.05, 0.1) is 0 Å². The van der Waals surface area contributed by atoms with E-state index in [2.05, 4.69) is 0 Å². The summed E-state index contributed by atoms with van der Waals surface area (Å²) in [6, 6.07) is 10.4.